The van der Waals surface area contributed by atoms with Crippen LogP contribution in [0.3, 0.4) is 0 Å². The van der Waals surface area contributed by atoms with Crippen LogP contribution in [0.15, 0.2) is 22.6 Å². The Morgan fingerprint density at radius 2 is 1.92 bits per heavy atom. The lowest BCUT2D eigenvalue weighted by atomic mass is 10.1. The first-order chi connectivity index (χ1) is 11.4. The normalized spacial score (nSPS) is 11.9. The average Bonchev–Trinajstić information content (AvgIpc) is 2.80. The minimum atomic E-state index is -0.170. The molecule has 1 heterocycles. The standard InChI is InChI=1S/C19H25NO4/c1-7-23-16-9-8-15(10-17(16)22-6)12(3)20-19(21)18-11(2)13(4)24-14(18)5/h8-10,12H,7H2,1-6H3,(H,20,21). The number of rotatable bonds is 6. The van der Waals surface area contributed by atoms with Gasteiger partial charge in [0.15, 0.2) is 11.5 Å². The summed E-state index contributed by atoms with van der Waals surface area (Å²) in [6.07, 6.45) is 0. The van der Waals surface area contributed by atoms with Crippen LogP contribution in [0.2, 0.25) is 0 Å². The van der Waals surface area contributed by atoms with Gasteiger partial charge in [0, 0.05) is 5.56 Å². The molecule has 1 atom stereocenters. The fourth-order valence-electron chi connectivity index (χ4n) is 2.71. The maximum Gasteiger partial charge on any atom is 0.255 e. The second-order valence-electron chi connectivity index (χ2n) is 5.75. The number of nitrogens with one attached hydrogen (secondary N) is 1. The summed E-state index contributed by atoms with van der Waals surface area (Å²) >= 11 is 0. The van der Waals surface area contributed by atoms with Crippen LogP contribution in [0, 0.1) is 20.8 Å². The molecule has 2 aromatic rings. The molecule has 0 spiro atoms. The van der Waals surface area contributed by atoms with Crippen molar-refractivity contribution in [1.82, 2.24) is 5.32 Å². The molecular weight excluding hydrogens is 306 g/mol. The summed E-state index contributed by atoms with van der Waals surface area (Å²) < 4.78 is 16.4. The fraction of sp³-hybridized carbons (Fsp3) is 0.421. The van der Waals surface area contributed by atoms with Gasteiger partial charge in [0.05, 0.1) is 25.3 Å². The Hall–Kier alpha value is -2.43. The lowest BCUT2D eigenvalue weighted by Crippen LogP contribution is -2.27. The minimum Gasteiger partial charge on any atom is -0.493 e. The van der Waals surface area contributed by atoms with Gasteiger partial charge < -0.3 is 19.2 Å². The van der Waals surface area contributed by atoms with Crippen LogP contribution in [0.1, 0.15) is 52.9 Å². The SMILES string of the molecule is CCOc1ccc(C(C)NC(=O)c2c(C)oc(C)c2C)cc1OC. The smallest absolute Gasteiger partial charge is 0.255 e. The molecule has 5 heteroatoms. The van der Waals surface area contributed by atoms with E-state index < -0.39 is 0 Å². The van der Waals surface area contributed by atoms with Gasteiger partial charge in [0.1, 0.15) is 11.5 Å². The zero-order valence-corrected chi connectivity index (χ0v) is 15.1. The van der Waals surface area contributed by atoms with Crippen LogP contribution in [0.4, 0.5) is 0 Å². The van der Waals surface area contributed by atoms with Crippen molar-refractivity contribution in [3.63, 3.8) is 0 Å². The second-order valence-corrected chi connectivity index (χ2v) is 5.75. The molecule has 130 valence electrons. The van der Waals surface area contributed by atoms with Crippen molar-refractivity contribution in [3.05, 3.63) is 46.4 Å². The van der Waals surface area contributed by atoms with E-state index in [1.807, 2.05) is 45.9 Å². The molecule has 24 heavy (non-hydrogen) atoms. The maximum absolute atomic E-state index is 12.6. The van der Waals surface area contributed by atoms with Crippen LogP contribution in [0.25, 0.3) is 0 Å². The first-order valence-corrected chi connectivity index (χ1v) is 8.07. The number of ether oxygens (including phenoxy) is 2. The Morgan fingerprint density at radius 3 is 2.46 bits per heavy atom. The molecule has 2 rings (SSSR count). The van der Waals surface area contributed by atoms with Crippen LogP contribution in [-0.4, -0.2) is 19.6 Å². The van der Waals surface area contributed by atoms with E-state index in [4.69, 9.17) is 13.9 Å². The van der Waals surface area contributed by atoms with E-state index in [9.17, 15) is 4.79 Å². The highest BCUT2D eigenvalue weighted by atomic mass is 16.5. The second kappa shape index (κ2) is 7.43. The van der Waals surface area contributed by atoms with Crippen LogP contribution >= 0.6 is 0 Å². The molecule has 5 nitrogen and oxygen atoms in total. The number of carbonyl (C=O) groups is 1. The van der Waals surface area contributed by atoms with Gasteiger partial charge in [-0.2, -0.15) is 0 Å². The van der Waals surface area contributed by atoms with Gasteiger partial charge in [0.2, 0.25) is 0 Å². The first kappa shape index (κ1) is 17.9. The van der Waals surface area contributed by atoms with Crippen LogP contribution in [0.5, 0.6) is 11.5 Å². The summed E-state index contributed by atoms with van der Waals surface area (Å²) in [6, 6.07) is 5.50. The number of furan rings is 1. The van der Waals surface area contributed by atoms with Gasteiger partial charge >= 0.3 is 0 Å². The van der Waals surface area contributed by atoms with Crippen LogP contribution in [-0.2, 0) is 0 Å². The van der Waals surface area contributed by atoms with Gasteiger partial charge in [-0.15, -0.1) is 0 Å². The van der Waals surface area contributed by atoms with E-state index in [-0.39, 0.29) is 11.9 Å². The summed E-state index contributed by atoms with van der Waals surface area (Å²) in [6.45, 7) is 9.99. The lowest BCUT2D eigenvalue weighted by Gasteiger charge is -2.17. The van der Waals surface area contributed by atoms with Crippen molar-refractivity contribution >= 4 is 5.91 Å². The van der Waals surface area contributed by atoms with E-state index in [2.05, 4.69) is 5.32 Å². The van der Waals surface area contributed by atoms with Crippen LogP contribution < -0.4 is 14.8 Å². The molecule has 0 bridgehead atoms. The minimum absolute atomic E-state index is 0.137. The predicted octanol–water partition coefficient (Wildman–Crippen LogP) is 4.10. The van der Waals surface area contributed by atoms with Crippen molar-refractivity contribution < 1.29 is 18.7 Å². The monoisotopic (exact) mass is 331 g/mol. The molecule has 1 aromatic heterocycles. The van der Waals surface area contributed by atoms with Crippen molar-refractivity contribution in [1.29, 1.82) is 0 Å². The molecule has 1 amide bonds. The molecule has 0 aliphatic rings. The number of benzene rings is 1. The van der Waals surface area contributed by atoms with Crippen molar-refractivity contribution in [2.24, 2.45) is 0 Å². The summed E-state index contributed by atoms with van der Waals surface area (Å²) in [7, 11) is 1.60. The maximum atomic E-state index is 12.6. The number of amides is 1. The Bertz CT molecular complexity index is 733. The number of hydrogen-bond donors (Lipinski definition) is 1. The van der Waals surface area contributed by atoms with E-state index >= 15 is 0 Å². The Kier molecular flexibility index (Phi) is 5.54. The highest BCUT2D eigenvalue weighted by Crippen LogP contribution is 2.30. The number of aryl methyl sites for hydroxylation is 2. The highest BCUT2D eigenvalue weighted by Gasteiger charge is 2.21. The molecule has 0 aliphatic carbocycles. The fourth-order valence-corrected chi connectivity index (χ4v) is 2.71. The molecule has 1 unspecified atom stereocenters. The van der Waals surface area contributed by atoms with Gasteiger partial charge in [-0.25, -0.2) is 0 Å². The van der Waals surface area contributed by atoms with E-state index in [1.54, 1.807) is 14.0 Å². The van der Waals surface area contributed by atoms with Crippen molar-refractivity contribution in [3.8, 4) is 11.5 Å². The summed E-state index contributed by atoms with van der Waals surface area (Å²) in [5.41, 5.74) is 2.43. The third-order valence-corrected chi connectivity index (χ3v) is 4.12. The van der Waals surface area contributed by atoms with Crippen molar-refractivity contribution in [2.45, 2.75) is 40.7 Å². The summed E-state index contributed by atoms with van der Waals surface area (Å²) in [4.78, 5) is 12.6. The molecule has 1 aromatic carbocycles. The molecule has 0 fully saturated rings. The Morgan fingerprint density at radius 1 is 1.21 bits per heavy atom. The number of carbonyl (C=O) groups excluding carboxylic acids is 1. The summed E-state index contributed by atoms with van der Waals surface area (Å²) in [5, 5.41) is 3.01. The number of methoxy groups -OCH3 is 1. The zero-order valence-electron chi connectivity index (χ0n) is 15.1. The Balaban J connectivity index is 2.20. The largest absolute Gasteiger partial charge is 0.493 e. The molecule has 0 saturated carbocycles. The van der Waals surface area contributed by atoms with Crippen molar-refractivity contribution in [2.75, 3.05) is 13.7 Å². The van der Waals surface area contributed by atoms with Gasteiger partial charge in [-0.3, -0.25) is 4.79 Å². The molecule has 0 saturated heterocycles. The third-order valence-electron chi connectivity index (χ3n) is 4.12. The van der Waals surface area contributed by atoms with E-state index in [0.29, 0.717) is 29.4 Å². The summed E-state index contributed by atoms with van der Waals surface area (Å²) in [5.74, 6) is 2.62. The number of hydrogen-bond acceptors (Lipinski definition) is 4. The quantitative estimate of drug-likeness (QED) is 0.865. The molecule has 0 aliphatic heterocycles. The Labute approximate surface area is 143 Å². The van der Waals surface area contributed by atoms with Gasteiger partial charge in [-0.1, -0.05) is 6.07 Å². The first-order valence-electron chi connectivity index (χ1n) is 8.07. The zero-order chi connectivity index (χ0) is 17.9. The topological polar surface area (TPSA) is 60.7 Å². The lowest BCUT2D eigenvalue weighted by molar-refractivity contribution is 0.0938. The van der Waals surface area contributed by atoms with Gasteiger partial charge in [0.25, 0.3) is 5.91 Å². The highest BCUT2D eigenvalue weighted by molar-refractivity contribution is 5.97. The molecular formula is C19H25NO4. The van der Waals surface area contributed by atoms with Gasteiger partial charge in [-0.05, 0) is 52.3 Å². The average molecular weight is 331 g/mol. The third kappa shape index (κ3) is 3.55. The van der Waals surface area contributed by atoms with E-state index in [1.165, 1.54) is 0 Å². The molecule has 0 radical (unpaired) electrons. The molecule has 1 N–H and O–H groups in total. The van der Waals surface area contributed by atoms with E-state index in [0.717, 1.165) is 16.9 Å². The predicted molar refractivity (Wildman–Crippen MR) is 93.0 cm³/mol.